The number of benzene rings is 2. The van der Waals surface area contributed by atoms with Crippen LogP contribution in [0.5, 0.6) is 0 Å². The van der Waals surface area contributed by atoms with Crippen LogP contribution in [0.3, 0.4) is 0 Å². The predicted octanol–water partition coefficient (Wildman–Crippen LogP) is 4.11. The molecule has 0 unspecified atom stereocenters. The van der Waals surface area contributed by atoms with Crippen LogP contribution in [-0.4, -0.2) is 19.0 Å². The van der Waals surface area contributed by atoms with Crippen molar-refractivity contribution in [3.63, 3.8) is 0 Å². The normalized spacial score (nSPS) is 10.2. The summed E-state index contributed by atoms with van der Waals surface area (Å²) in [4.78, 5) is 14.2. The summed E-state index contributed by atoms with van der Waals surface area (Å²) in [5.74, 6) is -0.0499. The number of carbonyl (C=O) groups is 1. The minimum Gasteiger partial charge on any atom is -0.362 e. The minimum atomic E-state index is -0.0499. The van der Waals surface area contributed by atoms with E-state index in [1.54, 1.807) is 0 Å². The molecule has 2 rings (SSSR count). The number of nitrogens with one attached hydrogen (secondary N) is 1. The second-order valence-corrected chi connectivity index (χ2v) is 5.22. The Bertz CT molecular complexity index is 613. The van der Waals surface area contributed by atoms with Crippen LogP contribution >= 0.6 is 11.6 Å². The van der Waals surface area contributed by atoms with Gasteiger partial charge in [0.1, 0.15) is 0 Å². The third-order valence-corrected chi connectivity index (χ3v) is 3.79. The molecule has 1 amide bonds. The van der Waals surface area contributed by atoms with E-state index >= 15 is 0 Å². The number of nitrogens with zero attached hydrogens (tertiary/aromatic N) is 1. The van der Waals surface area contributed by atoms with Gasteiger partial charge in [0.25, 0.3) is 0 Å². The highest BCUT2D eigenvalue weighted by molar-refractivity contribution is 6.31. The zero-order valence-electron chi connectivity index (χ0n) is 12.3. The SMILES string of the molecule is CCN(CC(=O)Nc1cccc(Cl)c1C)c1ccccc1. The Morgan fingerprint density at radius 3 is 2.52 bits per heavy atom. The van der Waals surface area contributed by atoms with E-state index in [2.05, 4.69) is 5.32 Å². The van der Waals surface area contributed by atoms with E-state index in [1.807, 2.05) is 67.3 Å². The van der Waals surface area contributed by atoms with Crippen LogP contribution in [-0.2, 0) is 4.79 Å². The summed E-state index contributed by atoms with van der Waals surface area (Å²) in [6.45, 7) is 5.01. The second kappa shape index (κ2) is 7.14. The van der Waals surface area contributed by atoms with Gasteiger partial charge in [0.2, 0.25) is 5.91 Å². The summed E-state index contributed by atoms with van der Waals surface area (Å²) in [6, 6.07) is 15.4. The molecular formula is C17H19ClN2O. The molecule has 0 saturated carbocycles. The van der Waals surface area contributed by atoms with Crippen LogP contribution in [0.1, 0.15) is 12.5 Å². The molecule has 0 bridgehead atoms. The van der Waals surface area contributed by atoms with Gasteiger partial charge < -0.3 is 10.2 Å². The monoisotopic (exact) mass is 302 g/mol. The van der Waals surface area contributed by atoms with Crippen molar-refractivity contribution >= 4 is 28.9 Å². The topological polar surface area (TPSA) is 32.3 Å². The highest BCUT2D eigenvalue weighted by atomic mass is 35.5. The molecule has 2 aromatic rings. The number of likely N-dealkylation sites (N-methyl/N-ethyl adjacent to an activating group) is 1. The summed E-state index contributed by atoms with van der Waals surface area (Å²) in [6.07, 6.45) is 0. The van der Waals surface area contributed by atoms with Crippen LogP contribution < -0.4 is 10.2 Å². The number of halogens is 1. The van der Waals surface area contributed by atoms with E-state index in [-0.39, 0.29) is 5.91 Å². The highest BCUT2D eigenvalue weighted by Gasteiger charge is 2.11. The molecule has 4 heteroatoms. The van der Waals surface area contributed by atoms with E-state index in [0.717, 1.165) is 23.5 Å². The summed E-state index contributed by atoms with van der Waals surface area (Å²) < 4.78 is 0. The molecule has 0 spiro atoms. The lowest BCUT2D eigenvalue weighted by Crippen LogP contribution is -2.33. The van der Waals surface area contributed by atoms with E-state index < -0.39 is 0 Å². The number of hydrogen-bond acceptors (Lipinski definition) is 2. The Labute approximate surface area is 130 Å². The fraction of sp³-hybridized carbons (Fsp3) is 0.235. The smallest absolute Gasteiger partial charge is 0.243 e. The Kier molecular flexibility index (Phi) is 5.23. The van der Waals surface area contributed by atoms with Gasteiger partial charge in [-0.1, -0.05) is 35.9 Å². The van der Waals surface area contributed by atoms with E-state index in [9.17, 15) is 4.79 Å². The molecule has 0 atom stereocenters. The molecular weight excluding hydrogens is 284 g/mol. The molecule has 0 saturated heterocycles. The van der Waals surface area contributed by atoms with Crippen molar-refractivity contribution in [2.75, 3.05) is 23.3 Å². The number of amides is 1. The zero-order valence-corrected chi connectivity index (χ0v) is 13.0. The summed E-state index contributed by atoms with van der Waals surface area (Å²) in [7, 11) is 0. The van der Waals surface area contributed by atoms with Gasteiger partial charge in [0.05, 0.1) is 6.54 Å². The largest absolute Gasteiger partial charge is 0.362 e. The number of carbonyl (C=O) groups excluding carboxylic acids is 1. The Morgan fingerprint density at radius 2 is 1.86 bits per heavy atom. The molecule has 3 nitrogen and oxygen atoms in total. The number of anilines is 2. The molecule has 21 heavy (non-hydrogen) atoms. The molecule has 0 aliphatic rings. The molecule has 110 valence electrons. The van der Waals surface area contributed by atoms with Crippen LogP contribution in [0, 0.1) is 6.92 Å². The molecule has 0 aliphatic heterocycles. The molecule has 0 heterocycles. The summed E-state index contributed by atoms with van der Waals surface area (Å²) in [5, 5.41) is 3.58. The standard InChI is InChI=1S/C17H19ClN2O/c1-3-20(14-8-5-4-6-9-14)12-17(21)19-16-11-7-10-15(18)13(16)2/h4-11H,3,12H2,1-2H3,(H,19,21). The lowest BCUT2D eigenvalue weighted by atomic mass is 10.2. The molecule has 0 aliphatic carbocycles. The molecule has 0 fully saturated rings. The van der Waals surface area contributed by atoms with Crippen LogP contribution in [0.2, 0.25) is 5.02 Å². The first-order valence-electron chi connectivity index (χ1n) is 6.96. The van der Waals surface area contributed by atoms with Gasteiger partial charge in [-0.3, -0.25) is 4.79 Å². The first-order chi connectivity index (χ1) is 10.1. The van der Waals surface area contributed by atoms with E-state index in [0.29, 0.717) is 11.6 Å². The van der Waals surface area contributed by atoms with Gasteiger partial charge in [-0.05, 0) is 43.7 Å². The molecule has 2 aromatic carbocycles. The summed E-state index contributed by atoms with van der Waals surface area (Å²) in [5.41, 5.74) is 2.69. The first-order valence-corrected chi connectivity index (χ1v) is 7.34. The van der Waals surface area contributed by atoms with Crippen LogP contribution in [0.25, 0.3) is 0 Å². The van der Waals surface area contributed by atoms with Crippen molar-refractivity contribution in [2.24, 2.45) is 0 Å². The van der Waals surface area contributed by atoms with Gasteiger partial charge in [-0.2, -0.15) is 0 Å². The zero-order chi connectivity index (χ0) is 15.2. The van der Waals surface area contributed by atoms with Crippen molar-refractivity contribution in [2.45, 2.75) is 13.8 Å². The summed E-state index contributed by atoms with van der Waals surface area (Å²) >= 11 is 6.06. The van der Waals surface area contributed by atoms with Gasteiger partial charge >= 0.3 is 0 Å². The van der Waals surface area contributed by atoms with Crippen LogP contribution in [0.15, 0.2) is 48.5 Å². The number of rotatable bonds is 5. The van der Waals surface area contributed by atoms with Gasteiger partial charge in [0, 0.05) is 22.9 Å². The maximum Gasteiger partial charge on any atom is 0.243 e. The van der Waals surface area contributed by atoms with Gasteiger partial charge in [-0.15, -0.1) is 0 Å². The van der Waals surface area contributed by atoms with Crippen molar-refractivity contribution in [1.29, 1.82) is 0 Å². The lowest BCUT2D eigenvalue weighted by molar-refractivity contribution is -0.115. The minimum absolute atomic E-state index is 0.0499. The van der Waals surface area contributed by atoms with Crippen LogP contribution in [0.4, 0.5) is 11.4 Å². The number of para-hydroxylation sites is 1. The van der Waals surface area contributed by atoms with E-state index in [4.69, 9.17) is 11.6 Å². The van der Waals surface area contributed by atoms with E-state index in [1.165, 1.54) is 0 Å². The van der Waals surface area contributed by atoms with Crippen molar-refractivity contribution in [3.05, 3.63) is 59.1 Å². The second-order valence-electron chi connectivity index (χ2n) is 4.81. The molecule has 0 radical (unpaired) electrons. The Hall–Kier alpha value is -2.00. The number of hydrogen-bond donors (Lipinski definition) is 1. The fourth-order valence-corrected chi connectivity index (χ4v) is 2.30. The van der Waals surface area contributed by atoms with Gasteiger partial charge in [0.15, 0.2) is 0 Å². The maximum atomic E-state index is 12.2. The highest BCUT2D eigenvalue weighted by Crippen LogP contribution is 2.23. The first kappa shape index (κ1) is 15.4. The van der Waals surface area contributed by atoms with Gasteiger partial charge in [-0.25, -0.2) is 0 Å². The van der Waals surface area contributed by atoms with Crippen molar-refractivity contribution < 1.29 is 4.79 Å². The maximum absolute atomic E-state index is 12.2. The predicted molar refractivity (Wildman–Crippen MR) is 89.1 cm³/mol. The Balaban J connectivity index is 2.05. The third-order valence-electron chi connectivity index (χ3n) is 3.38. The Morgan fingerprint density at radius 1 is 1.14 bits per heavy atom. The molecule has 0 aromatic heterocycles. The van der Waals surface area contributed by atoms with Crippen molar-refractivity contribution in [1.82, 2.24) is 0 Å². The third kappa shape index (κ3) is 3.99. The lowest BCUT2D eigenvalue weighted by Gasteiger charge is -2.22. The fourth-order valence-electron chi connectivity index (χ4n) is 2.13. The molecule has 1 N–H and O–H groups in total. The quantitative estimate of drug-likeness (QED) is 0.901. The van der Waals surface area contributed by atoms with Crippen molar-refractivity contribution in [3.8, 4) is 0 Å². The average Bonchev–Trinajstić information content (AvgIpc) is 2.50. The average molecular weight is 303 g/mol.